The predicted octanol–water partition coefficient (Wildman–Crippen LogP) is 0.698. The fourth-order valence-corrected chi connectivity index (χ4v) is 1.48. The normalized spacial score (nSPS) is 12.0. The van der Waals surface area contributed by atoms with E-state index in [1.54, 1.807) is 12.1 Å². The van der Waals surface area contributed by atoms with Crippen LogP contribution in [0.25, 0.3) is 0 Å². The van der Waals surface area contributed by atoms with E-state index in [2.05, 4.69) is 10.3 Å². The van der Waals surface area contributed by atoms with Crippen LogP contribution in [0.5, 0.6) is 5.75 Å². The fourth-order valence-electron chi connectivity index (χ4n) is 1.48. The fraction of sp³-hybridized carbons (Fsp3) is 0.462. The van der Waals surface area contributed by atoms with Crippen molar-refractivity contribution >= 4 is 11.9 Å². The first-order valence-corrected chi connectivity index (χ1v) is 6.10. The molecule has 1 amide bonds. The summed E-state index contributed by atoms with van der Waals surface area (Å²) in [6.45, 7) is 3.51. The van der Waals surface area contributed by atoms with Gasteiger partial charge in [-0.25, -0.2) is 9.78 Å². The topological polar surface area (TPSA) is 97.8 Å². The van der Waals surface area contributed by atoms with E-state index in [1.165, 1.54) is 13.3 Å². The van der Waals surface area contributed by atoms with E-state index >= 15 is 0 Å². The van der Waals surface area contributed by atoms with Gasteiger partial charge in [0.05, 0.1) is 12.7 Å². The van der Waals surface area contributed by atoms with Crippen LogP contribution in [-0.4, -0.2) is 47.8 Å². The Morgan fingerprint density at radius 1 is 1.45 bits per heavy atom. The number of aromatic nitrogens is 1. The number of hydrogen-bond acceptors (Lipinski definition) is 5. The minimum absolute atomic E-state index is 0.0450. The SMILES string of the molecule is COCC(NC(=O)c1ncccc1OC(C)C)C(=O)O. The molecule has 0 aliphatic rings. The van der Waals surface area contributed by atoms with Gasteiger partial charge in [-0.3, -0.25) is 4.79 Å². The molecule has 1 aromatic heterocycles. The van der Waals surface area contributed by atoms with E-state index in [-0.39, 0.29) is 18.4 Å². The van der Waals surface area contributed by atoms with Crippen LogP contribution in [0.15, 0.2) is 18.3 Å². The third-order valence-electron chi connectivity index (χ3n) is 2.29. The maximum absolute atomic E-state index is 12.1. The first-order chi connectivity index (χ1) is 9.45. The third-order valence-corrected chi connectivity index (χ3v) is 2.29. The number of carboxylic acids is 1. The molecule has 1 rings (SSSR count). The van der Waals surface area contributed by atoms with Gasteiger partial charge >= 0.3 is 5.97 Å². The second kappa shape index (κ2) is 7.44. The summed E-state index contributed by atoms with van der Waals surface area (Å²) >= 11 is 0. The number of carboxylic acid groups (broad SMARTS) is 1. The lowest BCUT2D eigenvalue weighted by Gasteiger charge is -2.16. The van der Waals surface area contributed by atoms with Gasteiger partial charge in [0.25, 0.3) is 5.91 Å². The van der Waals surface area contributed by atoms with E-state index in [0.29, 0.717) is 5.75 Å². The number of nitrogens with one attached hydrogen (secondary N) is 1. The van der Waals surface area contributed by atoms with Crippen LogP contribution in [0.2, 0.25) is 0 Å². The standard InChI is InChI=1S/C13H18N2O5/c1-8(2)20-10-5-4-6-14-11(10)12(16)15-9(7-19-3)13(17)18/h4-6,8-9H,7H2,1-3H3,(H,15,16)(H,17,18). The molecule has 0 radical (unpaired) electrons. The van der Waals surface area contributed by atoms with Crippen LogP contribution in [0.1, 0.15) is 24.3 Å². The molecule has 110 valence electrons. The molecule has 0 fully saturated rings. The van der Waals surface area contributed by atoms with Gasteiger partial charge in [0.1, 0.15) is 0 Å². The van der Waals surface area contributed by atoms with Crippen LogP contribution < -0.4 is 10.1 Å². The quantitative estimate of drug-likeness (QED) is 0.764. The highest BCUT2D eigenvalue weighted by molar-refractivity contribution is 5.97. The van der Waals surface area contributed by atoms with E-state index in [4.69, 9.17) is 14.6 Å². The molecule has 1 heterocycles. The molecule has 2 N–H and O–H groups in total. The summed E-state index contributed by atoms with van der Waals surface area (Å²) in [5, 5.41) is 11.3. The lowest BCUT2D eigenvalue weighted by Crippen LogP contribution is -2.44. The van der Waals surface area contributed by atoms with E-state index < -0.39 is 17.9 Å². The Morgan fingerprint density at radius 2 is 2.15 bits per heavy atom. The molecule has 1 unspecified atom stereocenters. The van der Waals surface area contributed by atoms with Crippen molar-refractivity contribution in [1.29, 1.82) is 0 Å². The minimum Gasteiger partial charge on any atom is -0.489 e. The van der Waals surface area contributed by atoms with Crippen LogP contribution in [0.4, 0.5) is 0 Å². The van der Waals surface area contributed by atoms with Gasteiger partial charge < -0.3 is 19.9 Å². The molecule has 1 aromatic rings. The number of ether oxygens (including phenoxy) is 2. The van der Waals surface area contributed by atoms with Crippen molar-refractivity contribution in [2.75, 3.05) is 13.7 Å². The molecule has 0 aliphatic heterocycles. The zero-order valence-corrected chi connectivity index (χ0v) is 11.6. The van der Waals surface area contributed by atoms with Gasteiger partial charge in [0.15, 0.2) is 17.5 Å². The Hall–Kier alpha value is -2.15. The van der Waals surface area contributed by atoms with Gasteiger partial charge in [-0.15, -0.1) is 0 Å². The molecule has 7 nitrogen and oxygen atoms in total. The second-order valence-electron chi connectivity index (χ2n) is 4.34. The van der Waals surface area contributed by atoms with Crippen molar-refractivity contribution < 1.29 is 24.2 Å². The van der Waals surface area contributed by atoms with Crippen LogP contribution in [-0.2, 0) is 9.53 Å². The zero-order valence-electron chi connectivity index (χ0n) is 11.6. The highest BCUT2D eigenvalue weighted by Gasteiger charge is 2.23. The van der Waals surface area contributed by atoms with Crippen LogP contribution in [0, 0.1) is 0 Å². The monoisotopic (exact) mass is 282 g/mol. The van der Waals surface area contributed by atoms with E-state index in [1.807, 2.05) is 13.8 Å². The highest BCUT2D eigenvalue weighted by atomic mass is 16.5. The number of pyridine rings is 1. The Balaban J connectivity index is 2.88. The predicted molar refractivity (Wildman–Crippen MR) is 70.8 cm³/mol. The Morgan fingerprint density at radius 3 is 2.70 bits per heavy atom. The number of rotatable bonds is 7. The van der Waals surface area contributed by atoms with Crippen molar-refractivity contribution in [3.8, 4) is 5.75 Å². The zero-order chi connectivity index (χ0) is 15.1. The van der Waals surface area contributed by atoms with Gasteiger partial charge in [-0.05, 0) is 26.0 Å². The summed E-state index contributed by atoms with van der Waals surface area (Å²) in [6.07, 6.45) is 1.31. The van der Waals surface area contributed by atoms with Gasteiger partial charge in [-0.2, -0.15) is 0 Å². The number of methoxy groups -OCH3 is 1. The largest absolute Gasteiger partial charge is 0.489 e. The summed E-state index contributed by atoms with van der Waals surface area (Å²) in [5.41, 5.74) is 0.0450. The molecule has 7 heteroatoms. The lowest BCUT2D eigenvalue weighted by molar-refractivity contribution is -0.140. The van der Waals surface area contributed by atoms with Crippen molar-refractivity contribution in [2.24, 2.45) is 0 Å². The number of amides is 1. The van der Waals surface area contributed by atoms with Crippen LogP contribution in [0.3, 0.4) is 0 Å². The van der Waals surface area contributed by atoms with Crippen molar-refractivity contribution in [3.05, 3.63) is 24.0 Å². The maximum Gasteiger partial charge on any atom is 0.328 e. The van der Waals surface area contributed by atoms with Crippen molar-refractivity contribution in [1.82, 2.24) is 10.3 Å². The second-order valence-corrected chi connectivity index (χ2v) is 4.34. The number of aliphatic carboxylic acids is 1. The maximum atomic E-state index is 12.1. The average Bonchev–Trinajstić information content (AvgIpc) is 2.37. The number of nitrogens with zero attached hydrogens (tertiary/aromatic N) is 1. The lowest BCUT2D eigenvalue weighted by atomic mass is 10.2. The van der Waals surface area contributed by atoms with Gasteiger partial charge in [-0.1, -0.05) is 0 Å². The summed E-state index contributed by atoms with van der Waals surface area (Å²) < 4.78 is 10.2. The van der Waals surface area contributed by atoms with E-state index in [0.717, 1.165) is 0 Å². The van der Waals surface area contributed by atoms with Gasteiger partial charge in [0, 0.05) is 13.3 Å². The molecular weight excluding hydrogens is 264 g/mol. The summed E-state index contributed by atoms with van der Waals surface area (Å²) in [4.78, 5) is 27.0. The molecule has 0 saturated heterocycles. The summed E-state index contributed by atoms with van der Waals surface area (Å²) in [6, 6.07) is 2.10. The first kappa shape index (κ1) is 15.9. The molecule has 0 spiro atoms. The molecule has 1 atom stereocenters. The minimum atomic E-state index is -1.18. The van der Waals surface area contributed by atoms with Gasteiger partial charge in [0.2, 0.25) is 0 Å². The summed E-state index contributed by atoms with van der Waals surface area (Å²) in [5.74, 6) is -1.49. The molecule has 0 aliphatic carbocycles. The number of carbonyl (C=O) groups is 2. The smallest absolute Gasteiger partial charge is 0.328 e. The Bertz CT molecular complexity index is 476. The third kappa shape index (κ3) is 4.51. The van der Waals surface area contributed by atoms with E-state index in [9.17, 15) is 9.59 Å². The molecule has 0 aromatic carbocycles. The Kier molecular flexibility index (Phi) is 5.92. The van der Waals surface area contributed by atoms with Crippen molar-refractivity contribution in [3.63, 3.8) is 0 Å². The Labute approximate surface area is 116 Å². The van der Waals surface area contributed by atoms with Crippen LogP contribution >= 0.6 is 0 Å². The number of carbonyl (C=O) groups excluding carboxylic acids is 1. The first-order valence-electron chi connectivity index (χ1n) is 6.10. The molecule has 20 heavy (non-hydrogen) atoms. The summed E-state index contributed by atoms with van der Waals surface area (Å²) in [7, 11) is 1.36. The molecule has 0 saturated carbocycles. The highest BCUT2D eigenvalue weighted by Crippen LogP contribution is 2.16. The number of hydrogen-bond donors (Lipinski definition) is 2. The average molecular weight is 282 g/mol. The van der Waals surface area contributed by atoms with Crippen molar-refractivity contribution in [2.45, 2.75) is 26.0 Å². The molecular formula is C13H18N2O5. The molecule has 0 bridgehead atoms.